The summed E-state index contributed by atoms with van der Waals surface area (Å²) < 4.78 is 5.12. The first kappa shape index (κ1) is 18.4. The van der Waals surface area contributed by atoms with Crippen molar-refractivity contribution < 1.29 is 9.53 Å². The molecule has 3 rings (SSSR count). The van der Waals surface area contributed by atoms with Crippen LogP contribution >= 0.6 is 0 Å². The first-order valence-electron chi connectivity index (χ1n) is 9.20. The number of amides is 1. The average Bonchev–Trinajstić information content (AvgIpc) is 2.85. The highest BCUT2D eigenvalue weighted by molar-refractivity contribution is 5.78. The summed E-state index contributed by atoms with van der Waals surface area (Å²) in [5.74, 6) is 0.859. The Labute approximate surface area is 155 Å². The molecule has 0 aliphatic carbocycles. The van der Waals surface area contributed by atoms with Gasteiger partial charge in [0.2, 0.25) is 5.91 Å². The van der Waals surface area contributed by atoms with Crippen molar-refractivity contribution >= 4 is 5.91 Å². The van der Waals surface area contributed by atoms with Gasteiger partial charge in [-0.2, -0.15) is 0 Å². The Morgan fingerprint density at radius 2 is 1.96 bits per heavy atom. The third kappa shape index (κ3) is 4.82. The zero-order valence-corrected chi connectivity index (χ0v) is 15.6. The summed E-state index contributed by atoms with van der Waals surface area (Å²) in [5, 5.41) is 0. The second-order valence-electron chi connectivity index (χ2n) is 6.85. The van der Waals surface area contributed by atoms with E-state index < -0.39 is 0 Å². The molecule has 1 atom stereocenters. The molecule has 2 aromatic rings. The lowest BCUT2D eigenvalue weighted by Crippen LogP contribution is -2.40. The van der Waals surface area contributed by atoms with Crippen molar-refractivity contribution in [2.24, 2.45) is 0 Å². The monoisotopic (exact) mass is 353 g/mol. The van der Waals surface area contributed by atoms with Crippen molar-refractivity contribution in [2.75, 3.05) is 26.7 Å². The molecule has 5 heteroatoms. The van der Waals surface area contributed by atoms with E-state index in [1.807, 2.05) is 23.1 Å². The van der Waals surface area contributed by atoms with Gasteiger partial charge in [-0.3, -0.25) is 14.7 Å². The summed E-state index contributed by atoms with van der Waals surface area (Å²) in [5.41, 5.74) is 2.11. The van der Waals surface area contributed by atoms with Crippen molar-refractivity contribution in [3.63, 3.8) is 0 Å². The molecule has 1 aromatic heterocycles. The van der Waals surface area contributed by atoms with E-state index in [0.717, 1.165) is 38.3 Å². The molecule has 1 aliphatic rings. The maximum absolute atomic E-state index is 12.8. The standard InChI is InChI=1S/C21H27N3O2/c1-17-10-11-23(16-18-6-4-3-5-7-18)12-13-24(17)21(25)14-19-8-9-20(26-2)15-22-19/h3-9,15,17H,10-14,16H2,1-2H3. The molecule has 0 saturated carbocycles. The fourth-order valence-corrected chi connectivity index (χ4v) is 3.37. The lowest BCUT2D eigenvalue weighted by Gasteiger charge is -2.27. The van der Waals surface area contributed by atoms with Crippen LogP contribution in [0.4, 0.5) is 0 Å². The Hall–Kier alpha value is -2.40. The molecule has 1 amide bonds. The first-order chi connectivity index (χ1) is 12.7. The summed E-state index contributed by atoms with van der Waals surface area (Å²) >= 11 is 0. The molecule has 0 bridgehead atoms. The maximum atomic E-state index is 12.8. The molecule has 2 heterocycles. The minimum Gasteiger partial charge on any atom is -0.495 e. The number of hydrogen-bond acceptors (Lipinski definition) is 4. The molecule has 1 saturated heterocycles. The molecule has 1 fully saturated rings. The van der Waals surface area contributed by atoms with Crippen LogP contribution in [-0.4, -0.2) is 53.5 Å². The summed E-state index contributed by atoms with van der Waals surface area (Å²) in [7, 11) is 1.61. The Morgan fingerprint density at radius 3 is 2.65 bits per heavy atom. The van der Waals surface area contributed by atoms with Gasteiger partial charge in [0.25, 0.3) is 0 Å². The van der Waals surface area contributed by atoms with Crippen LogP contribution in [0.3, 0.4) is 0 Å². The molecule has 1 unspecified atom stereocenters. The third-order valence-corrected chi connectivity index (χ3v) is 4.99. The fourth-order valence-electron chi connectivity index (χ4n) is 3.37. The number of methoxy groups -OCH3 is 1. The highest BCUT2D eigenvalue weighted by Gasteiger charge is 2.25. The van der Waals surface area contributed by atoms with Crippen LogP contribution in [-0.2, 0) is 17.8 Å². The highest BCUT2D eigenvalue weighted by atomic mass is 16.5. The predicted octanol–water partition coefficient (Wildman–Crippen LogP) is 2.76. The molecule has 1 aromatic carbocycles. The van der Waals surface area contributed by atoms with Crippen LogP contribution in [0.5, 0.6) is 5.75 Å². The SMILES string of the molecule is COc1ccc(CC(=O)N2CCN(Cc3ccccc3)CCC2C)nc1. The second kappa shape index (κ2) is 8.81. The fraction of sp³-hybridized carbons (Fsp3) is 0.429. The van der Waals surface area contributed by atoms with Crippen molar-refractivity contribution in [1.29, 1.82) is 0 Å². The van der Waals surface area contributed by atoms with Crippen LogP contribution in [0.25, 0.3) is 0 Å². The van der Waals surface area contributed by atoms with Crippen molar-refractivity contribution in [3.05, 3.63) is 59.9 Å². The highest BCUT2D eigenvalue weighted by Crippen LogP contribution is 2.16. The van der Waals surface area contributed by atoms with Gasteiger partial charge in [-0.05, 0) is 31.0 Å². The van der Waals surface area contributed by atoms with Gasteiger partial charge in [-0.25, -0.2) is 0 Å². The van der Waals surface area contributed by atoms with Gasteiger partial charge >= 0.3 is 0 Å². The number of carbonyl (C=O) groups excluding carboxylic acids is 1. The van der Waals surface area contributed by atoms with E-state index in [1.165, 1.54) is 5.56 Å². The minimum atomic E-state index is 0.150. The molecular formula is C21H27N3O2. The lowest BCUT2D eigenvalue weighted by molar-refractivity contribution is -0.132. The maximum Gasteiger partial charge on any atom is 0.228 e. The molecule has 26 heavy (non-hydrogen) atoms. The van der Waals surface area contributed by atoms with Crippen molar-refractivity contribution in [2.45, 2.75) is 32.4 Å². The quantitative estimate of drug-likeness (QED) is 0.829. The molecule has 0 N–H and O–H groups in total. The van der Waals surface area contributed by atoms with Gasteiger partial charge < -0.3 is 9.64 Å². The van der Waals surface area contributed by atoms with Crippen LogP contribution in [0.2, 0.25) is 0 Å². The van der Waals surface area contributed by atoms with Crippen LogP contribution in [0, 0.1) is 0 Å². The number of carbonyl (C=O) groups is 1. The van der Waals surface area contributed by atoms with Gasteiger partial charge in [-0.15, -0.1) is 0 Å². The summed E-state index contributed by atoms with van der Waals surface area (Å²) in [6.45, 7) is 5.77. The average molecular weight is 353 g/mol. The zero-order chi connectivity index (χ0) is 18.4. The third-order valence-electron chi connectivity index (χ3n) is 4.99. The molecule has 0 radical (unpaired) electrons. The minimum absolute atomic E-state index is 0.150. The molecular weight excluding hydrogens is 326 g/mol. The first-order valence-corrected chi connectivity index (χ1v) is 9.20. The lowest BCUT2D eigenvalue weighted by atomic mass is 10.1. The van der Waals surface area contributed by atoms with Crippen molar-refractivity contribution in [1.82, 2.24) is 14.8 Å². The van der Waals surface area contributed by atoms with Crippen molar-refractivity contribution in [3.8, 4) is 5.75 Å². The van der Waals surface area contributed by atoms with Gasteiger partial charge in [0.05, 0.1) is 19.7 Å². The predicted molar refractivity (Wildman–Crippen MR) is 102 cm³/mol. The zero-order valence-electron chi connectivity index (χ0n) is 15.6. The van der Waals surface area contributed by atoms with E-state index in [9.17, 15) is 4.79 Å². The Bertz CT molecular complexity index is 703. The number of rotatable bonds is 5. The number of aromatic nitrogens is 1. The topological polar surface area (TPSA) is 45.7 Å². The van der Waals surface area contributed by atoms with E-state index >= 15 is 0 Å². The molecule has 1 aliphatic heterocycles. The van der Waals surface area contributed by atoms with Gasteiger partial charge in [-0.1, -0.05) is 30.3 Å². The molecule has 138 valence electrons. The number of ether oxygens (including phenoxy) is 1. The Morgan fingerprint density at radius 1 is 1.15 bits per heavy atom. The summed E-state index contributed by atoms with van der Waals surface area (Å²) in [4.78, 5) is 21.6. The van der Waals surface area contributed by atoms with E-state index in [0.29, 0.717) is 12.2 Å². The Balaban J connectivity index is 1.58. The van der Waals surface area contributed by atoms with Gasteiger partial charge in [0, 0.05) is 37.9 Å². The van der Waals surface area contributed by atoms with Gasteiger partial charge in [0.15, 0.2) is 0 Å². The van der Waals surface area contributed by atoms with Crippen LogP contribution in [0.1, 0.15) is 24.6 Å². The summed E-state index contributed by atoms with van der Waals surface area (Å²) in [6.07, 6.45) is 3.00. The van der Waals surface area contributed by atoms with E-state index in [4.69, 9.17) is 4.74 Å². The smallest absolute Gasteiger partial charge is 0.228 e. The normalized spacial score (nSPS) is 18.4. The molecule has 5 nitrogen and oxygen atoms in total. The number of benzene rings is 1. The summed E-state index contributed by atoms with van der Waals surface area (Å²) in [6, 6.07) is 14.5. The second-order valence-corrected chi connectivity index (χ2v) is 6.85. The number of nitrogens with zero attached hydrogens (tertiary/aromatic N) is 3. The van der Waals surface area contributed by atoms with Crippen LogP contribution in [0.15, 0.2) is 48.7 Å². The largest absolute Gasteiger partial charge is 0.495 e. The van der Waals surface area contributed by atoms with Gasteiger partial charge in [0.1, 0.15) is 5.75 Å². The molecule has 0 spiro atoms. The number of pyridine rings is 1. The van der Waals surface area contributed by atoms with E-state index in [2.05, 4.69) is 41.1 Å². The van der Waals surface area contributed by atoms with Crippen LogP contribution < -0.4 is 4.74 Å². The van der Waals surface area contributed by atoms with E-state index in [1.54, 1.807) is 13.3 Å². The Kier molecular flexibility index (Phi) is 6.23. The number of hydrogen-bond donors (Lipinski definition) is 0. The van der Waals surface area contributed by atoms with E-state index in [-0.39, 0.29) is 11.9 Å².